The summed E-state index contributed by atoms with van der Waals surface area (Å²) in [5.74, 6) is 2.35. The number of methoxy groups -OCH3 is 2. The number of piperazine rings is 1. The van der Waals surface area contributed by atoms with Crippen LogP contribution in [0.1, 0.15) is 32.7 Å². The van der Waals surface area contributed by atoms with Crippen molar-refractivity contribution in [3.63, 3.8) is 0 Å². The Kier molecular flexibility index (Phi) is 11.7. The minimum atomic E-state index is -0.106. The third kappa shape index (κ3) is 8.56. The summed E-state index contributed by atoms with van der Waals surface area (Å²) in [7, 11) is 5.06. The number of benzene rings is 3. The van der Waals surface area contributed by atoms with E-state index in [0.29, 0.717) is 12.1 Å². The molecule has 0 atom stereocenters. The quantitative estimate of drug-likeness (QED) is 0.268. The van der Waals surface area contributed by atoms with Gasteiger partial charge in [-0.15, -0.1) is 0 Å². The van der Waals surface area contributed by atoms with Crippen LogP contribution in [0.3, 0.4) is 0 Å². The highest BCUT2D eigenvalue weighted by Gasteiger charge is 2.24. The number of aliphatic imine (C=N–C) groups is 1. The Morgan fingerprint density at radius 3 is 2.32 bits per heavy atom. The second-order valence-corrected chi connectivity index (χ2v) is 10.5. The van der Waals surface area contributed by atoms with E-state index in [1.54, 1.807) is 33.7 Å². The molecular formula is C35H42N6O3. The van der Waals surface area contributed by atoms with Crippen molar-refractivity contribution in [2.45, 2.75) is 20.3 Å². The molecular weight excluding hydrogens is 552 g/mol. The average Bonchev–Trinajstić information content (AvgIpc) is 3.06. The Balaban J connectivity index is 0.000000555. The molecule has 3 aromatic carbocycles. The number of aryl methyl sites for hydroxylation is 2. The number of carbonyl (C=O) groups excluding carboxylic acids is 1. The molecule has 9 nitrogen and oxygen atoms in total. The van der Waals surface area contributed by atoms with Gasteiger partial charge in [0.15, 0.2) is 0 Å². The summed E-state index contributed by atoms with van der Waals surface area (Å²) >= 11 is 0. The molecule has 1 N–H and O–H groups in total. The lowest BCUT2D eigenvalue weighted by molar-refractivity contribution is 0.0954. The molecule has 44 heavy (non-hydrogen) atoms. The van der Waals surface area contributed by atoms with Gasteiger partial charge in [-0.05, 0) is 56.2 Å². The number of amides is 1. The van der Waals surface area contributed by atoms with E-state index < -0.39 is 0 Å². The number of hydrogen-bond acceptors (Lipinski definition) is 8. The van der Waals surface area contributed by atoms with Gasteiger partial charge in [-0.2, -0.15) is 0 Å². The van der Waals surface area contributed by atoms with E-state index in [9.17, 15) is 4.79 Å². The van der Waals surface area contributed by atoms with Gasteiger partial charge in [0, 0.05) is 51.5 Å². The Bertz CT molecular complexity index is 1530. The number of nitrogens with one attached hydrogen (secondary N) is 1. The molecule has 4 aromatic rings. The fourth-order valence-electron chi connectivity index (χ4n) is 5.03. The van der Waals surface area contributed by atoms with Crippen LogP contribution in [0.2, 0.25) is 0 Å². The molecule has 9 heteroatoms. The first kappa shape index (κ1) is 32.0. The summed E-state index contributed by atoms with van der Waals surface area (Å²) in [5.41, 5.74) is 5.81. The zero-order chi connectivity index (χ0) is 31.3. The van der Waals surface area contributed by atoms with Gasteiger partial charge in [-0.3, -0.25) is 9.79 Å². The Labute approximate surface area is 260 Å². The van der Waals surface area contributed by atoms with Crippen LogP contribution >= 0.6 is 0 Å². The third-order valence-corrected chi connectivity index (χ3v) is 7.46. The van der Waals surface area contributed by atoms with Crippen LogP contribution in [0.5, 0.6) is 11.5 Å². The van der Waals surface area contributed by atoms with Crippen LogP contribution in [0.15, 0.2) is 84.1 Å². The summed E-state index contributed by atoms with van der Waals surface area (Å²) in [6.07, 6.45) is 4.14. The Morgan fingerprint density at radius 2 is 1.66 bits per heavy atom. The van der Waals surface area contributed by atoms with E-state index in [0.717, 1.165) is 72.4 Å². The van der Waals surface area contributed by atoms with Crippen LogP contribution in [0.25, 0.3) is 0 Å². The van der Waals surface area contributed by atoms with Crippen LogP contribution in [0, 0.1) is 13.8 Å². The lowest BCUT2D eigenvalue weighted by Gasteiger charge is -2.37. The maximum Gasteiger partial charge on any atom is 0.251 e. The highest BCUT2D eigenvalue weighted by Crippen LogP contribution is 2.31. The van der Waals surface area contributed by atoms with Crippen molar-refractivity contribution >= 4 is 23.6 Å². The van der Waals surface area contributed by atoms with Gasteiger partial charge in [0.1, 0.15) is 23.6 Å². The molecule has 0 spiro atoms. The number of ether oxygens (including phenoxy) is 2. The lowest BCUT2D eigenvalue weighted by atomic mass is 10.1. The first-order valence-electron chi connectivity index (χ1n) is 14.8. The monoisotopic (exact) mass is 594 g/mol. The maximum atomic E-state index is 12.9. The van der Waals surface area contributed by atoms with Gasteiger partial charge < -0.3 is 24.6 Å². The highest BCUT2D eigenvalue weighted by atomic mass is 16.5. The highest BCUT2D eigenvalue weighted by molar-refractivity contribution is 5.95. The Morgan fingerprint density at radius 1 is 0.909 bits per heavy atom. The van der Waals surface area contributed by atoms with Gasteiger partial charge in [0.05, 0.1) is 31.2 Å². The smallest absolute Gasteiger partial charge is 0.251 e. The fraction of sp³-hybridized carbons (Fsp3) is 0.314. The zero-order valence-corrected chi connectivity index (χ0v) is 26.3. The molecule has 0 saturated carbocycles. The van der Waals surface area contributed by atoms with Gasteiger partial charge in [0.25, 0.3) is 5.91 Å². The molecule has 0 aliphatic carbocycles. The molecule has 5 rings (SSSR count). The predicted octanol–water partition coefficient (Wildman–Crippen LogP) is 5.15. The van der Waals surface area contributed by atoms with Crippen molar-refractivity contribution in [2.75, 3.05) is 63.8 Å². The number of nitrogens with zero attached hydrogens (tertiary/aromatic N) is 5. The van der Waals surface area contributed by atoms with Gasteiger partial charge >= 0.3 is 0 Å². The van der Waals surface area contributed by atoms with Crippen LogP contribution < -0.4 is 24.6 Å². The topological polar surface area (TPSA) is 92.2 Å². The summed E-state index contributed by atoms with van der Waals surface area (Å²) in [6.45, 7) is 7.68. The fourth-order valence-corrected chi connectivity index (χ4v) is 5.03. The van der Waals surface area contributed by atoms with Gasteiger partial charge in [-0.25, -0.2) is 9.97 Å². The third-order valence-electron chi connectivity index (χ3n) is 7.46. The van der Waals surface area contributed by atoms with Crippen molar-refractivity contribution in [1.29, 1.82) is 0 Å². The molecule has 1 fully saturated rings. The predicted molar refractivity (Wildman–Crippen MR) is 178 cm³/mol. The van der Waals surface area contributed by atoms with Gasteiger partial charge in [-0.1, -0.05) is 48.0 Å². The van der Waals surface area contributed by atoms with Crippen molar-refractivity contribution in [3.05, 3.63) is 107 Å². The van der Waals surface area contributed by atoms with Crippen molar-refractivity contribution < 1.29 is 14.3 Å². The summed E-state index contributed by atoms with van der Waals surface area (Å²) in [6, 6.07) is 23.7. The second-order valence-electron chi connectivity index (χ2n) is 10.5. The zero-order valence-electron chi connectivity index (χ0n) is 26.3. The molecule has 1 aliphatic rings. The van der Waals surface area contributed by atoms with Crippen molar-refractivity contribution in [1.82, 2.24) is 15.3 Å². The van der Waals surface area contributed by atoms with E-state index in [4.69, 9.17) is 9.47 Å². The SMILES string of the molecule is CN=Cc1c(C)ncnc1N1CCN(c2cc(C(=O)NCCc3cccc(OC)c3)ccc2OC)CC1.Cc1ccccc1. The van der Waals surface area contributed by atoms with Crippen molar-refractivity contribution in [2.24, 2.45) is 4.99 Å². The number of hydrogen-bond donors (Lipinski definition) is 1. The number of aromatic nitrogens is 2. The number of anilines is 2. The minimum absolute atomic E-state index is 0.106. The molecule has 2 heterocycles. The maximum absolute atomic E-state index is 12.9. The molecule has 1 amide bonds. The van der Waals surface area contributed by atoms with E-state index in [1.807, 2.05) is 67.7 Å². The molecule has 0 unspecified atom stereocenters. The van der Waals surface area contributed by atoms with Crippen LogP contribution in [-0.4, -0.2) is 76.1 Å². The van der Waals surface area contributed by atoms with E-state index in [-0.39, 0.29) is 5.91 Å². The van der Waals surface area contributed by atoms with E-state index in [2.05, 4.69) is 49.1 Å². The lowest BCUT2D eigenvalue weighted by Crippen LogP contribution is -2.47. The molecule has 1 saturated heterocycles. The average molecular weight is 595 g/mol. The molecule has 0 radical (unpaired) electrons. The van der Waals surface area contributed by atoms with Gasteiger partial charge in [0.2, 0.25) is 0 Å². The summed E-state index contributed by atoms with van der Waals surface area (Å²) < 4.78 is 10.9. The van der Waals surface area contributed by atoms with E-state index >= 15 is 0 Å². The number of rotatable bonds is 9. The van der Waals surface area contributed by atoms with E-state index in [1.165, 1.54) is 5.56 Å². The largest absolute Gasteiger partial charge is 0.497 e. The minimum Gasteiger partial charge on any atom is -0.497 e. The molecule has 1 aromatic heterocycles. The number of carbonyl (C=O) groups is 1. The molecule has 0 bridgehead atoms. The van der Waals surface area contributed by atoms with Crippen LogP contribution in [-0.2, 0) is 6.42 Å². The molecule has 230 valence electrons. The Hall–Kier alpha value is -4.92. The second kappa shape index (κ2) is 16.1. The van der Waals surface area contributed by atoms with Crippen molar-refractivity contribution in [3.8, 4) is 11.5 Å². The summed E-state index contributed by atoms with van der Waals surface area (Å²) in [4.78, 5) is 30.5. The first-order valence-corrected chi connectivity index (χ1v) is 14.8. The standard InChI is InChI=1S/C28H34N6O3.C7H8/c1-20-24(18-29-2)27(32-19-31-20)34-14-12-33(13-15-34)25-17-22(8-9-26(25)37-4)28(35)30-11-10-21-6-5-7-23(16-21)36-3;1-7-5-3-2-4-6-7/h5-9,16-19H,10-15H2,1-4H3,(H,30,35);2-6H,1H3. The van der Waals surface area contributed by atoms with Crippen LogP contribution in [0.4, 0.5) is 11.5 Å². The normalized spacial score (nSPS) is 12.8. The first-order chi connectivity index (χ1) is 21.4. The summed E-state index contributed by atoms with van der Waals surface area (Å²) in [5, 5.41) is 3.03. The molecule has 1 aliphatic heterocycles.